The van der Waals surface area contributed by atoms with Gasteiger partial charge in [-0.05, 0) is 193 Å². The number of aromatic nitrogens is 12. The number of hydrogen-bond donors (Lipinski definition) is 0. The molecule has 0 amide bonds. The Kier molecular flexibility index (Phi) is 22.8. The maximum atomic E-state index is 7.24. The van der Waals surface area contributed by atoms with Crippen molar-refractivity contribution in [2.45, 2.75) is 84.7 Å². The van der Waals surface area contributed by atoms with Crippen molar-refractivity contribution >= 4 is 86.2 Å². The molecule has 22 heteroatoms. The Hall–Kier alpha value is -16.6. The van der Waals surface area contributed by atoms with Crippen LogP contribution in [-0.2, 0) is 84.7 Å². The highest BCUT2D eigenvalue weighted by molar-refractivity contribution is 6.05. The highest BCUT2D eigenvalue weighted by atomic mass is 16.5. The molecule has 4 aromatic heterocycles. The van der Waals surface area contributed by atoms with Gasteiger partial charge in [0.05, 0.1) is 93.6 Å². The fraction of sp³-hybridized carbons (Fsp3) is 0.168. The van der Waals surface area contributed by atoms with Crippen molar-refractivity contribution in [3.63, 3.8) is 0 Å². The van der Waals surface area contributed by atoms with Crippen molar-refractivity contribution in [1.29, 1.82) is 0 Å². The minimum absolute atomic E-state index is 0.0536. The van der Waals surface area contributed by atoms with Crippen molar-refractivity contribution in [2.75, 3.05) is 42.7 Å². The lowest BCUT2D eigenvalue weighted by molar-refractivity contribution is 0.287. The third-order valence-corrected chi connectivity index (χ3v) is 26.1. The van der Waals surface area contributed by atoms with Crippen LogP contribution in [-0.4, -0.2) is 103 Å². The standard InChI is InChI=1S/C113H94N12O10/c1-126-104-50-80-44-84-54-112(134-68-90-60-124(120-116-90)64-102-96-35-19-11-27-74(96)41-75-28-12-20-36-97(75)102)86(56-110(84)132-66-88-58-122(118-114-88)62-100-92-31-15-7-23-70(92)39-71-24-8-16-32-93(71)100)46-82-52-109(131-6)83(53-108(82)130-5)47-87-57-111(133-67-89-59-123(119-115-89)63-101-94-33-17-9-25-72(94)40-73-26-10-18-34-95(73)101)85(45-81-51-105(127-2)79(49-107(81)129-4)43-78(104)48-106(80)128-3)55-113(87)135-69-91-61-125(121-117-91)65-103-98-37-21-13-29-76(98)42-77-30-14-22-38-99(77)103/h7-42,48-61H,43-47,62-69H2,1-6H3. The van der Waals surface area contributed by atoms with Gasteiger partial charge in [-0.2, -0.15) is 0 Å². The molecule has 10 aliphatic carbocycles. The van der Waals surface area contributed by atoms with E-state index >= 15 is 0 Å². The van der Waals surface area contributed by atoms with E-state index in [-0.39, 0.29) is 39.3 Å². The summed E-state index contributed by atoms with van der Waals surface area (Å²) in [6.07, 6.45) is 9.32. The predicted molar refractivity (Wildman–Crippen MR) is 525 cm³/mol. The number of methoxy groups -OCH3 is 6. The molecule has 0 N–H and O–H groups in total. The third kappa shape index (κ3) is 17.0. The molecule has 4 heterocycles. The van der Waals surface area contributed by atoms with Crippen LogP contribution in [0.2, 0.25) is 0 Å². The van der Waals surface area contributed by atoms with Gasteiger partial charge in [0.2, 0.25) is 0 Å². The topological polar surface area (TPSA) is 215 Å². The van der Waals surface area contributed by atoms with Gasteiger partial charge in [-0.3, -0.25) is 0 Å². The zero-order chi connectivity index (χ0) is 91.0. The van der Waals surface area contributed by atoms with Crippen molar-refractivity contribution in [1.82, 2.24) is 60.0 Å². The summed E-state index contributed by atoms with van der Waals surface area (Å²) in [4.78, 5) is 0. The van der Waals surface area contributed by atoms with Crippen LogP contribution in [0.15, 0.2) is 304 Å². The molecule has 0 saturated carbocycles. The zero-order valence-electron chi connectivity index (χ0n) is 75.5. The van der Waals surface area contributed by atoms with Crippen molar-refractivity contribution in [3.05, 3.63) is 405 Å². The summed E-state index contributed by atoms with van der Waals surface area (Å²) in [5.41, 5.74) is 15.0. The lowest BCUT2D eigenvalue weighted by atomic mass is 9.94. The van der Waals surface area contributed by atoms with E-state index in [1.165, 1.54) is 0 Å². The van der Waals surface area contributed by atoms with Gasteiger partial charge in [0.25, 0.3) is 0 Å². The molecule has 31 rings (SSSR count). The SMILES string of the molecule is COc1cc2c(OC)cc1Cc1cc(OC)c(cc1OC)Cc1cc(OCc3cn(Cc4c5ccccc5cc5ccccc45)nn3)c(cc1OCc1cn(Cc3c4ccccc4cc4ccccc34)nn1)Cc1cc(OC)c(cc1OC)Cc1cc(OCc3cn(Cc4c5ccccc5cc5ccccc45)nn3)c(cc1OCc1cn(Cc3c4ccccc4cc4ccccc34)nn1)C2. The van der Waals surface area contributed by atoms with Crippen molar-refractivity contribution < 1.29 is 47.4 Å². The molecule has 0 saturated heterocycles. The Labute approximate surface area is 778 Å². The van der Waals surface area contributed by atoms with Gasteiger partial charge in [0.15, 0.2) is 0 Å². The van der Waals surface area contributed by atoms with Gasteiger partial charge in [0, 0.05) is 87.7 Å². The summed E-state index contributed by atoms with van der Waals surface area (Å²) in [6.45, 7) is 2.12. The Morgan fingerprint density at radius 3 is 0.526 bits per heavy atom. The quantitative estimate of drug-likeness (QED) is 0.0461. The smallest absolute Gasteiger partial charge is 0.134 e. The van der Waals surface area contributed by atoms with Crippen LogP contribution < -0.4 is 47.4 Å². The maximum Gasteiger partial charge on any atom is 0.134 e. The predicted octanol–water partition coefficient (Wildman–Crippen LogP) is 22.1. The lowest BCUT2D eigenvalue weighted by Gasteiger charge is -2.21. The summed E-state index contributed by atoms with van der Waals surface area (Å²) in [5, 5.41) is 56.6. The maximum absolute atomic E-state index is 7.24. The first-order valence-electron chi connectivity index (χ1n) is 45.2. The number of ether oxygens (including phenoxy) is 10. The molecule has 666 valence electrons. The molecular formula is C113H94N12O10. The molecule has 22 nitrogen and oxygen atoms in total. The van der Waals surface area contributed by atoms with Crippen LogP contribution in [0.25, 0.3) is 86.2 Å². The largest absolute Gasteiger partial charge is 0.496 e. The highest BCUT2D eigenvalue weighted by Gasteiger charge is 2.27. The van der Waals surface area contributed by atoms with E-state index < -0.39 is 0 Å². The Morgan fingerprint density at radius 2 is 0.356 bits per heavy atom. The monoisotopic (exact) mass is 1780 g/mol. The van der Waals surface area contributed by atoms with Gasteiger partial charge < -0.3 is 47.4 Å². The average molecular weight is 1780 g/mol. The summed E-state index contributed by atoms with van der Waals surface area (Å²) in [7, 11) is 10.1. The van der Waals surface area contributed by atoms with Crippen LogP contribution in [0.3, 0.4) is 0 Å². The van der Waals surface area contributed by atoms with Gasteiger partial charge in [-0.25, -0.2) is 18.7 Å². The van der Waals surface area contributed by atoms with E-state index in [0.29, 0.717) is 126 Å². The number of rotatable bonds is 26. The van der Waals surface area contributed by atoms with E-state index in [1.54, 1.807) is 42.7 Å². The first-order valence-corrected chi connectivity index (χ1v) is 45.2. The van der Waals surface area contributed by atoms with Gasteiger partial charge in [0.1, 0.15) is 107 Å². The van der Waals surface area contributed by atoms with Crippen LogP contribution >= 0.6 is 0 Å². The molecule has 10 aliphatic rings. The number of hydrogen-bond acceptors (Lipinski definition) is 18. The molecule has 0 atom stereocenters. The molecule has 17 aromatic carbocycles. The molecule has 10 bridgehead atoms. The van der Waals surface area contributed by atoms with Gasteiger partial charge in [-0.1, -0.05) is 215 Å². The molecule has 0 fully saturated rings. The second-order valence-electron chi connectivity index (χ2n) is 34.4. The fourth-order valence-corrected chi connectivity index (χ4v) is 19.6. The lowest BCUT2D eigenvalue weighted by Crippen LogP contribution is -2.07. The number of fused-ring (bicyclic) bond motifs is 8. The highest BCUT2D eigenvalue weighted by Crippen LogP contribution is 2.45. The molecule has 135 heavy (non-hydrogen) atoms. The van der Waals surface area contributed by atoms with Crippen LogP contribution in [0.4, 0.5) is 0 Å². The van der Waals surface area contributed by atoms with E-state index in [1.807, 2.05) is 79.9 Å². The summed E-state index contributed by atoms with van der Waals surface area (Å²) < 4.78 is 75.5. The molecule has 21 aromatic rings. The third-order valence-electron chi connectivity index (χ3n) is 26.1. The average Bonchev–Trinajstić information content (AvgIpc) is 1.75. The van der Waals surface area contributed by atoms with Gasteiger partial charge in [-0.15, -0.1) is 20.4 Å². The summed E-state index contributed by atoms with van der Waals surface area (Å²) >= 11 is 0. The molecule has 0 spiro atoms. The Balaban J connectivity index is 0.671. The minimum Gasteiger partial charge on any atom is -0.496 e. The van der Waals surface area contributed by atoms with Crippen LogP contribution in [0.5, 0.6) is 57.5 Å². The zero-order valence-corrected chi connectivity index (χ0v) is 75.5. The second kappa shape index (κ2) is 36.6. The minimum atomic E-state index is 0.0536. The second-order valence-corrected chi connectivity index (χ2v) is 34.4. The number of benzene rings is 17. The van der Waals surface area contributed by atoms with Crippen molar-refractivity contribution in [3.8, 4) is 57.5 Å². The fourth-order valence-electron chi connectivity index (χ4n) is 19.6. The normalized spacial score (nSPS) is 12.2. The molecule has 0 radical (unpaired) electrons. The summed E-state index contributed by atoms with van der Waals surface area (Å²) in [6, 6.07) is 97.3. The molecule has 0 unspecified atom stereocenters. The molecule has 0 aliphatic heterocycles. The van der Waals surface area contributed by atoms with Crippen molar-refractivity contribution in [2.24, 2.45) is 0 Å². The van der Waals surface area contributed by atoms with Crippen LogP contribution in [0, 0.1) is 0 Å². The summed E-state index contributed by atoms with van der Waals surface area (Å²) in [5.74, 6) is 5.86. The Morgan fingerprint density at radius 1 is 0.200 bits per heavy atom. The van der Waals surface area contributed by atoms with E-state index in [9.17, 15) is 0 Å². The van der Waals surface area contributed by atoms with E-state index in [0.717, 1.165) is 164 Å². The first-order chi connectivity index (χ1) is 66.5. The van der Waals surface area contributed by atoms with Crippen LogP contribution in [0.1, 0.15) is 101 Å². The molecular weight excluding hydrogens is 1690 g/mol. The van der Waals surface area contributed by atoms with E-state index in [2.05, 4.69) is 243 Å². The number of nitrogens with zero attached hydrogens (tertiary/aromatic N) is 12. The van der Waals surface area contributed by atoms with Gasteiger partial charge >= 0.3 is 0 Å². The first kappa shape index (κ1) is 84.0. The Bertz CT molecular complexity index is 7450. The van der Waals surface area contributed by atoms with E-state index in [4.69, 9.17) is 88.6 Å².